The molecule has 2 aromatic heterocycles. The molecule has 2 heterocycles. The van der Waals surface area contributed by atoms with E-state index in [2.05, 4.69) is 22.4 Å². The van der Waals surface area contributed by atoms with Crippen LogP contribution in [-0.4, -0.2) is 39.6 Å². The molecule has 8 heteroatoms. The number of methoxy groups -OCH3 is 1. The van der Waals surface area contributed by atoms with Gasteiger partial charge in [0.25, 0.3) is 0 Å². The number of hydrogen-bond acceptors (Lipinski definition) is 6. The molecule has 30 heavy (non-hydrogen) atoms. The lowest BCUT2D eigenvalue weighted by molar-refractivity contribution is -0.119. The van der Waals surface area contributed by atoms with Gasteiger partial charge in [-0.25, -0.2) is 0 Å². The lowest BCUT2D eigenvalue weighted by Gasteiger charge is -2.29. The van der Waals surface area contributed by atoms with E-state index in [9.17, 15) is 4.79 Å². The Morgan fingerprint density at radius 3 is 2.93 bits per heavy atom. The van der Waals surface area contributed by atoms with Crippen LogP contribution in [0.25, 0.3) is 22.6 Å². The smallest absolute Gasteiger partial charge is 0.230 e. The number of nitrogens with zero attached hydrogens (tertiary/aromatic N) is 3. The standard InChI is InChI=1S/C22H28N4O3S/c1-4-26-21(18-12-15-9-7-11-17(28-3)20(15)29-18)24-25-22(26)30-13-19(27)23-16-10-6-5-8-14(16)2/h7,9,11-12,14,16H,4-6,8,10,13H2,1-3H3,(H,23,27)/t14-,16+/m0/s1. The highest BCUT2D eigenvalue weighted by molar-refractivity contribution is 7.99. The van der Waals surface area contributed by atoms with E-state index in [-0.39, 0.29) is 11.9 Å². The highest BCUT2D eigenvalue weighted by Gasteiger charge is 2.23. The second-order valence-corrected chi connectivity index (χ2v) is 8.71. The second kappa shape index (κ2) is 9.12. The number of amides is 1. The molecule has 3 aromatic rings. The Kier molecular flexibility index (Phi) is 6.32. The van der Waals surface area contributed by atoms with E-state index in [1.807, 2.05) is 35.8 Å². The lowest BCUT2D eigenvalue weighted by atomic mass is 9.86. The number of carbonyl (C=O) groups excluding carboxylic acids is 1. The number of furan rings is 1. The summed E-state index contributed by atoms with van der Waals surface area (Å²) in [6, 6.07) is 8.01. The summed E-state index contributed by atoms with van der Waals surface area (Å²) in [6.45, 7) is 4.93. The Labute approximate surface area is 180 Å². The zero-order chi connectivity index (χ0) is 21.1. The summed E-state index contributed by atoms with van der Waals surface area (Å²) in [5.74, 6) is 2.90. The van der Waals surface area contributed by atoms with Crippen LogP contribution in [0.15, 0.2) is 33.8 Å². The van der Waals surface area contributed by atoms with Gasteiger partial charge in [0, 0.05) is 18.0 Å². The number of benzene rings is 1. The van der Waals surface area contributed by atoms with E-state index in [0.29, 0.717) is 46.3 Å². The van der Waals surface area contributed by atoms with Crippen molar-refractivity contribution < 1.29 is 13.9 Å². The molecule has 2 atom stereocenters. The van der Waals surface area contributed by atoms with Crippen molar-refractivity contribution in [2.45, 2.75) is 57.3 Å². The van der Waals surface area contributed by atoms with Crippen LogP contribution in [0.4, 0.5) is 0 Å². The van der Waals surface area contributed by atoms with Gasteiger partial charge in [-0.05, 0) is 37.8 Å². The van der Waals surface area contributed by atoms with Crippen LogP contribution in [0, 0.1) is 5.92 Å². The fraction of sp³-hybridized carbons (Fsp3) is 0.500. The number of hydrogen-bond donors (Lipinski definition) is 1. The van der Waals surface area contributed by atoms with Crippen molar-refractivity contribution in [2.24, 2.45) is 5.92 Å². The Bertz CT molecular complexity index is 1030. The number of rotatable bonds is 7. The van der Waals surface area contributed by atoms with Crippen LogP contribution in [0.5, 0.6) is 5.75 Å². The molecule has 0 spiro atoms. The molecule has 0 bridgehead atoms. The van der Waals surface area contributed by atoms with Gasteiger partial charge in [-0.1, -0.05) is 43.7 Å². The molecular formula is C22H28N4O3S. The van der Waals surface area contributed by atoms with Crippen molar-refractivity contribution in [3.05, 3.63) is 24.3 Å². The maximum absolute atomic E-state index is 12.5. The van der Waals surface area contributed by atoms with Gasteiger partial charge in [-0.15, -0.1) is 10.2 Å². The van der Waals surface area contributed by atoms with Crippen molar-refractivity contribution >= 4 is 28.6 Å². The molecule has 0 aliphatic heterocycles. The third kappa shape index (κ3) is 4.19. The first-order chi connectivity index (χ1) is 14.6. The molecule has 1 aliphatic carbocycles. The fourth-order valence-electron chi connectivity index (χ4n) is 4.08. The average Bonchev–Trinajstić information content (AvgIpc) is 3.37. The van der Waals surface area contributed by atoms with E-state index in [0.717, 1.165) is 11.8 Å². The van der Waals surface area contributed by atoms with Crippen molar-refractivity contribution in [2.75, 3.05) is 12.9 Å². The van der Waals surface area contributed by atoms with Crippen molar-refractivity contribution in [1.29, 1.82) is 0 Å². The summed E-state index contributed by atoms with van der Waals surface area (Å²) in [6.07, 6.45) is 4.72. The molecule has 0 unspecified atom stereocenters. The summed E-state index contributed by atoms with van der Waals surface area (Å²) in [5.41, 5.74) is 0.691. The number of ether oxygens (including phenoxy) is 1. The molecule has 160 valence electrons. The normalized spacial score (nSPS) is 19.2. The summed E-state index contributed by atoms with van der Waals surface area (Å²) in [7, 11) is 1.62. The van der Waals surface area contributed by atoms with Crippen LogP contribution in [-0.2, 0) is 11.3 Å². The molecule has 0 saturated heterocycles. The van der Waals surface area contributed by atoms with E-state index >= 15 is 0 Å². The Hall–Kier alpha value is -2.48. The Morgan fingerprint density at radius 2 is 2.17 bits per heavy atom. The molecule has 1 aromatic carbocycles. The third-order valence-corrected chi connectivity index (χ3v) is 6.74. The van der Waals surface area contributed by atoms with Crippen LogP contribution in [0.3, 0.4) is 0 Å². The van der Waals surface area contributed by atoms with Gasteiger partial charge in [0.2, 0.25) is 11.7 Å². The molecule has 0 radical (unpaired) electrons. The average molecular weight is 429 g/mol. The van der Waals surface area contributed by atoms with Crippen LogP contribution in [0.1, 0.15) is 39.5 Å². The largest absolute Gasteiger partial charge is 0.493 e. The number of thioether (sulfide) groups is 1. The Balaban J connectivity index is 1.48. The summed E-state index contributed by atoms with van der Waals surface area (Å²) < 4.78 is 13.4. The Morgan fingerprint density at radius 1 is 1.33 bits per heavy atom. The molecular weight excluding hydrogens is 400 g/mol. The summed E-state index contributed by atoms with van der Waals surface area (Å²) >= 11 is 1.41. The zero-order valence-electron chi connectivity index (χ0n) is 17.7. The van der Waals surface area contributed by atoms with Gasteiger partial charge in [0.05, 0.1) is 12.9 Å². The third-order valence-electron chi connectivity index (χ3n) is 5.77. The molecule has 4 rings (SSSR count). The highest BCUT2D eigenvalue weighted by atomic mass is 32.2. The topological polar surface area (TPSA) is 82.2 Å². The van der Waals surface area contributed by atoms with E-state index in [1.54, 1.807) is 7.11 Å². The minimum absolute atomic E-state index is 0.0550. The number of nitrogens with one attached hydrogen (secondary N) is 1. The molecule has 1 amide bonds. The molecule has 1 N–H and O–H groups in total. The zero-order valence-corrected chi connectivity index (χ0v) is 18.5. The minimum atomic E-state index is 0.0550. The van der Waals surface area contributed by atoms with Gasteiger partial charge in [-0.3, -0.25) is 9.36 Å². The first-order valence-electron chi connectivity index (χ1n) is 10.5. The molecule has 1 fully saturated rings. The first kappa shape index (κ1) is 20.8. The number of carbonyl (C=O) groups is 1. The SMILES string of the molecule is CCn1c(SCC(=O)N[C@@H]2CCCC[C@@H]2C)nnc1-c1cc2cccc(OC)c2o1. The molecule has 7 nitrogen and oxygen atoms in total. The number of aromatic nitrogens is 3. The minimum Gasteiger partial charge on any atom is -0.493 e. The summed E-state index contributed by atoms with van der Waals surface area (Å²) in [5, 5.41) is 13.5. The van der Waals surface area contributed by atoms with Crippen molar-refractivity contribution in [3.8, 4) is 17.3 Å². The van der Waals surface area contributed by atoms with Crippen LogP contribution in [0.2, 0.25) is 0 Å². The van der Waals surface area contributed by atoms with Crippen molar-refractivity contribution in [3.63, 3.8) is 0 Å². The molecule has 1 aliphatic rings. The van der Waals surface area contributed by atoms with Gasteiger partial charge in [0.1, 0.15) is 0 Å². The van der Waals surface area contributed by atoms with E-state index in [4.69, 9.17) is 9.15 Å². The monoisotopic (exact) mass is 428 g/mol. The van der Waals surface area contributed by atoms with Gasteiger partial charge in [0.15, 0.2) is 22.2 Å². The van der Waals surface area contributed by atoms with Crippen molar-refractivity contribution in [1.82, 2.24) is 20.1 Å². The van der Waals surface area contributed by atoms with Crippen LogP contribution >= 0.6 is 11.8 Å². The van der Waals surface area contributed by atoms with Gasteiger partial charge in [-0.2, -0.15) is 0 Å². The fourth-order valence-corrected chi connectivity index (χ4v) is 4.89. The van der Waals surface area contributed by atoms with E-state index < -0.39 is 0 Å². The van der Waals surface area contributed by atoms with Crippen LogP contribution < -0.4 is 10.1 Å². The van der Waals surface area contributed by atoms with E-state index in [1.165, 1.54) is 31.0 Å². The quantitative estimate of drug-likeness (QED) is 0.558. The maximum Gasteiger partial charge on any atom is 0.230 e. The number of para-hydroxylation sites is 1. The predicted molar refractivity (Wildman–Crippen MR) is 118 cm³/mol. The predicted octanol–water partition coefficient (Wildman–Crippen LogP) is 4.51. The van der Waals surface area contributed by atoms with Gasteiger partial charge < -0.3 is 14.5 Å². The maximum atomic E-state index is 12.5. The lowest BCUT2D eigenvalue weighted by Crippen LogP contribution is -2.41. The first-order valence-corrected chi connectivity index (χ1v) is 11.5. The summed E-state index contributed by atoms with van der Waals surface area (Å²) in [4.78, 5) is 12.5. The molecule has 1 saturated carbocycles. The van der Waals surface area contributed by atoms with Gasteiger partial charge >= 0.3 is 0 Å². The highest BCUT2D eigenvalue weighted by Crippen LogP contribution is 2.33. The second-order valence-electron chi connectivity index (χ2n) is 7.76. The number of fused-ring (bicyclic) bond motifs is 1.